The van der Waals surface area contributed by atoms with Gasteiger partial charge in [-0.15, -0.1) is 0 Å². The van der Waals surface area contributed by atoms with Gasteiger partial charge in [0.2, 0.25) is 19.9 Å². The Balaban J connectivity index is 0.00000235. The molecule has 1 heterocycles. The van der Waals surface area contributed by atoms with Crippen LogP contribution in [0.3, 0.4) is 0 Å². The van der Waals surface area contributed by atoms with Crippen LogP contribution in [0.25, 0.3) is 0 Å². The highest BCUT2D eigenvalue weighted by molar-refractivity contribution is 7.93. The highest BCUT2D eigenvalue weighted by Gasteiger charge is 2.36. The number of benzene rings is 2. The maximum Gasteiger partial charge on any atom is 0.410 e. The lowest BCUT2D eigenvalue weighted by Crippen LogP contribution is -2.51. The molecule has 0 atom stereocenters. The first kappa shape index (κ1) is 30.9. The minimum Gasteiger partial charge on any atom is -0.444 e. The minimum atomic E-state index is -4.37. The van der Waals surface area contributed by atoms with Gasteiger partial charge in [-0.25, -0.2) is 21.6 Å². The zero-order valence-corrected chi connectivity index (χ0v) is 24.3. The molecular weight excluding hydrogens is 561 g/mol. The van der Waals surface area contributed by atoms with Crippen LogP contribution in [0.5, 0.6) is 0 Å². The van der Waals surface area contributed by atoms with Gasteiger partial charge in [-0.3, -0.25) is 0 Å². The number of amides is 1. The number of hydrogen-bond acceptors (Lipinski definition) is 7. The van der Waals surface area contributed by atoms with Crippen LogP contribution in [-0.2, 0) is 24.6 Å². The SMILES string of the molecule is CC.CC(C)(C)OC(=O)N1CCN(S(=O)(=O)c2cc(C#N)ccc2S(=O)(=O)c2cc(Cl)cc(Cl)c2)CC1. The maximum absolute atomic E-state index is 13.6. The number of hydrogen-bond donors (Lipinski definition) is 0. The highest BCUT2D eigenvalue weighted by Crippen LogP contribution is 2.33. The molecule has 2 aromatic carbocycles. The van der Waals surface area contributed by atoms with E-state index in [9.17, 15) is 26.9 Å². The van der Waals surface area contributed by atoms with E-state index in [2.05, 4.69) is 0 Å². The Morgan fingerprint density at radius 3 is 1.95 bits per heavy atom. The molecule has 1 aliphatic rings. The molecule has 1 amide bonds. The summed E-state index contributed by atoms with van der Waals surface area (Å²) in [6.07, 6.45) is -0.567. The van der Waals surface area contributed by atoms with Crippen LogP contribution in [0, 0.1) is 11.3 Å². The number of halogens is 2. The van der Waals surface area contributed by atoms with Crippen LogP contribution in [0.4, 0.5) is 4.79 Å². The molecule has 3 rings (SSSR count). The van der Waals surface area contributed by atoms with Crippen LogP contribution in [0.15, 0.2) is 51.1 Å². The molecule has 13 heteroatoms. The molecule has 1 fully saturated rings. The Hall–Kier alpha value is -2.36. The van der Waals surface area contributed by atoms with Crippen LogP contribution >= 0.6 is 23.2 Å². The van der Waals surface area contributed by atoms with Crippen LogP contribution in [-0.4, -0.2) is 63.9 Å². The van der Waals surface area contributed by atoms with Gasteiger partial charge in [-0.1, -0.05) is 37.0 Å². The third kappa shape index (κ3) is 7.36. The molecular formula is C24H29Cl2N3O6S2. The number of ether oxygens (including phenoxy) is 1. The summed E-state index contributed by atoms with van der Waals surface area (Å²) in [6, 6.07) is 8.83. The highest BCUT2D eigenvalue weighted by atomic mass is 35.5. The lowest BCUT2D eigenvalue weighted by atomic mass is 10.2. The Kier molecular flexibility index (Phi) is 10.0. The molecule has 1 saturated heterocycles. The van der Waals surface area contributed by atoms with Gasteiger partial charge in [0.25, 0.3) is 0 Å². The van der Waals surface area contributed by atoms with Gasteiger partial charge >= 0.3 is 6.09 Å². The van der Waals surface area contributed by atoms with Gasteiger partial charge < -0.3 is 9.64 Å². The van der Waals surface area contributed by atoms with Crippen molar-refractivity contribution in [3.63, 3.8) is 0 Å². The van der Waals surface area contributed by atoms with E-state index < -0.39 is 41.3 Å². The Labute approximate surface area is 228 Å². The number of carbonyl (C=O) groups excluding carboxylic acids is 1. The number of sulfone groups is 1. The lowest BCUT2D eigenvalue weighted by Gasteiger charge is -2.35. The monoisotopic (exact) mass is 589 g/mol. The molecule has 2 aromatic rings. The molecule has 0 saturated carbocycles. The van der Waals surface area contributed by atoms with Gasteiger partial charge in [-0.05, 0) is 57.2 Å². The quantitative estimate of drug-likeness (QED) is 0.493. The van der Waals surface area contributed by atoms with Gasteiger partial charge in [0, 0.05) is 36.2 Å². The average Bonchev–Trinajstić information content (AvgIpc) is 2.83. The summed E-state index contributed by atoms with van der Waals surface area (Å²) in [6.45, 7) is 9.12. The summed E-state index contributed by atoms with van der Waals surface area (Å²) in [7, 11) is -8.74. The van der Waals surface area contributed by atoms with Crippen molar-refractivity contribution < 1.29 is 26.4 Å². The Morgan fingerprint density at radius 1 is 0.919 bits per heavy atom. The van der Waals surface area contributed by atoms with E-state index in [-0.39, 0.29) is 46.7 Å². The van der Waals surface area contributed by atoms with Crippen molar-refractivity contribution in [3.8, 4) is 6.07 Å². The van der Waals surface area contributed by atoms with Crippen LogP contribution in [0.2, 0.25) is 10.0 Å². The molecule has 9 nitrogen and oxygen atoms in total. The van der Waals surface area contributed by atoms with Crippen molar-refractivity contribution in [3.05, 3.63) is 52.0 Å². The fourth-order valence-electron chi connectivity index (χ4n) is 3.39. The second kappa shape index (κ2) is 12.0. The molecule has 202 valence electrons. The van der Waals surface area contributed by atoms with Crippen molar-refractivity contribution in [1.82, 2.24) is 9.21 Å². The van der Waals surface area contributed by atoms with Gasteiger partial charge in [-0.2, -0.15) is 9.57 Å². The summed E-state index contributed by atoms with van der Waals surface area (Å²) < 4.78 is 60.3. The summed E-state index contributed by atoms with van der Waals surface area (Å²) in [4.78, 5) is 12.4. The largest absolute Gasteiger partial charge is 0.444 e. The molecule has 0 radical (unpaired) electrons. The summed E-state index contributed by atoms with van der Waals surface area (Å²) in [5.74, 6) is 0. The van der Waals surface area contributed by atoms with Crippen molar-refractivity contribution in [2.45, 2.75) is 54.9 Å². The first-order valence-corrected chi connectivity index (χ1v) is 15.1. The van der Waals surface area contributed by atoms with E-state index in [1.807, 2.05) is 19.9 Å². The zero-order valence-electron chi connectivity index (χ0n) is 21.2. The molecule has 0 bridgehead atoms. The van der Waals surface area contributed by atoms with E-state index in [1.54, 1.807) is 20.8 Å². The molecule has 37 heavy (non-hydrogen) atoms. The van der Waals surface area contributed by atoms with Crippen LogP contribution < -0.4 is 0 Å². The topological polar surface area (TPSA) is 125 Å². The molecule has 0 aromatic heterocycles. The first-order valence-electron chi connectivity index (χ1n) is 11.4. The third-order valence-corrected chi connectivity index (χ3v) is 9.31. The molecule has 0 N–H and O–H groups in total. The van der Waals surface area contributed by atoms with Crippen molar-refractivity contribution in [2.24, 2.45) is 0 Å². The van der Waals surface area contributed by atoms with Crippen molar-refractivity contribution >= 4 is 49.2 Å². The predicted octanol–water partition coefficient (Wildman–Crippen LogP) is 4.97. The van der Waals surface area contributed by atoms with E-state index in [4.69, 9.17) is 27.9 Å². The van der Waals surface area contributed by atoms with Crippen LogP contribution in [0.1, 0.15) is 40.2 Å². The van der Waals surface area contributed by atoms with Gasteiger partial charge in [0.1, 0.15) is 10.5 Å². The Morgan fingerprint density at radius 2 is 1.46 bits per heavy atom. The zero-order chi connectivity index (χ0) is 28.2. The number of nitrogens with zero attached hydrogens (tertiary/aromatic N) is 3. The maximum atomic E-state index is 13.6. The predicted molar refractivity (Wildman–Crippen MR) is 141 cm³/mol. The third-order valence-electron chi connectivity index (χ3n) is 5.02. The number of rotatable bonds is 4. The Bertz CT molecular complexity index is 1390. The second-order valence-corrected chi connectivity index (χ2v) is 13.5. The fraction of sp³-hybridized carbons (Fsp3) is 0.417. The standard InChI is InChI=1S/C22H23Cl2N3O6S2.C2H6/c1-22(2,3)33-21(28)26-6-8-27(9-7-26)35(31,32)20-10-15(14-25)4-5-19(20)34(29,30)18-12-16(23)11-17(24)13-18;1-2/h4-5,10-13H,6-9H2,1-3H3;1-2H3. The summed E-state index contributed by atoms with van der Waals surface area (Å²) >= 11 is 11.9. The lowest BCUT2D eigenvalue weighted by molar-refractivity contribution is 0.0192. The molecule has 1 aliphatic heterocycles. The number of sulfonamides is 1. The second-order valence-electron chi connectivity index (χ2n) is 8.75. The normalized spacial score (nSPS) is 14.8. The van der Waals surface area contributed by atoms with E-state index >= 15 is 0 Å². The van der Waals surface area contributed by atoms with E-state index in [0.29, 0.717) is 0 Å². The fourth-order valence-corrected chi connectivity index (χ4v) is 7.60. The molecule has 0 aliphatic carbocycles. The summed E-state index contributed by atoms with van der Waals surface area (Å²) in [5, 5.41) is 9.43. The molecule has 0 spiro atoms. The average molecular weight is 591 g/mol. The van der Waals surface area contributed by atoms with E-state index in [0.717, 1.165) is 28.6 Å². The van der Waals surface area contributed by atoms with Crippen molar-refractivity contribution in [1.29, 1.82) is 5.26 Å². The van der Waals surface area contributed by atoms with Gasteiger partial charge in [0.15, 0.2) is 0 Å². The number of carbonyl (C=O) groups is 1. The number of nitriles is 1. The van der Waals surface area contributed by atoms with E-state index in [1.165, 1.54) is 17.0 Å². The summed E-state index contributed by atoms with van der Waals surface area (Å²) in [5.41, 5.74) is -0.733. The first-order chi connectivity index (χ1) is 17.1. The van der Waals surface area contributed by atoms with Gasteiger partial charge in [0.05, 0.1) is 21.4 Å². The number of piperazine rings is 1. The smallest absolute Gasteiger partial charge is 0.410 e. The molecule has 0 unspecified atom stereocenters. The minimum absolute atomic E-state index is 0.0287. The van der Waals surface area contributed by atoms with Crippen molar-refractivity contribution in [2.75, 3.05) is 26.2 Å².